The van der Waals surface area contributed by atoms with Crippen molar-refractivity contribution in [2.75, 3.05) is 0 Å². The zero-order valence-electron chi connectivity index (χ0n) is 26.5. The summed E-state index contributed by atoms with van der Waals surface area (Å²) in [6, 6.07) is 58.5. The molecule has 5 heteroatoms. The van der Waals surface area contributed by atoms with Crippen molar-refractivity contribution in [3.63, 3.8) is 0 Å². The van der Waals surface area contributed by atoms with E-state index in [1.165, 1.54) is 0 Å². The van der Waals surface area contributed by atoms with Crippen molar-refractivity contribution >= 4 is 16.3 Å². The van der Waals surface area contributed by atoms with Gasteiger partial charge < -0.3 is 0 Å². The standard InChI is InChI=1S/C44H29N5/c1-5-13-31(14-6-1)39-29-45-49-40(32-15-7-2-8-16-32)28-37-27-36(25-26-38(37)41(39)49)30-21-23-35(24-22-30)44-47-42(33-17-9-3-10-18-33)46-43(48-44)34-19-11-4-12-20-34/h1-29H. The van der Waals surface area contributed by atoms with E-state index in [1.807, 2.05) is 79.0 Å². The Hall–Kier alpha value is -6.72. The fraction of sp³-hybridized carbons (Fsp3) is 0. The normalized spacial score (nSPS) is 11.3. The average Bonchev–Trinajstić information content (AvgIpc) is 3.64. The van der Waals surface area contributed by atoms with E-state index in [9.17, 15) is 0 Å². The highest BCUT2D eigenvalue weighted by atomic mass is 15.2. The maximum atomic E-state index is 4.91. The number of hydrogen-bond acceptors (Lipinski definition) is 4. The number of hydrogen-bond donors (Lipinski definition) is 0. The van der Waals surface area contributed by atoms with Gasteiger partial charge in [0.2, 0.25) is 0 Å². The summed E-state index contributed by atoms with van der Waals surface area (Å²) in [4.78, 5) is 14.7. The molecular formula is C44H29N5. The predicted molar refractivity (Wildman–Crippen MR) is 199 cm³/mol. The van der Waals surface area contributed by atoms with Gasteiger partial charge in [0.05, 0.1) is 17.4 Å². The Kier molecular flexibility index (Phi) is 7.06. The first-order valence-electron chi connectivity index (χ1n) is 16.3. The highest BCUT2D eigenvalue weighted by Crippen LogP contribution is 2.37. The molecule has 0 saturated heterocycles. The molecule has 9 rings (SSSR count). The van der Waals surface area contributed by atoms with E-state index in [0.717, 1.165) is 66.5 Å². The monoisotopic (exact) mass is 627 g/mol. The molecule has 49 heavy (non-hydrogen) atoms. The summed E-state index contributed by atoms with van der Waals surface area (Å²) >= 11 is 0. The van der Waals surface area contributed by atoms with Crippen LogP contribution in [0.25, 0.3) is 84.0 Å². The number of rotatable bonds is 6. The van der Waals surface area contributed by atoms with Crippen molar-refractivity contribution in [1.82, 2.24) is 24.6 Å². The van der Waals surface area contributed by atoms with Gasteiger partial charge in [0.15, 0.2) is 17.5 Å². The van der Waals surface area contributed by atoms with Crippen LogP contribution in [0.2, 0.25) is 0 Å². The van der Waals surface area contributed by atoms with Crippen LogP contribution in [0.4, 0.5) is 0 Å². The van der Waals surface area contributed by atoms with Crippen LogP contribution >= 0.6 is 0 Å². The van der Waals surface area contributed by atoms with Crippen LogP contribution in [0.3, 0.4) is 0 Å². The first-order valence-corrected chi connectivity index (χ1v) is 16.3. The largest absolute Gasteiger partial charge is 0.232 e. The Bertz CT molecular complexity index is 2500. The summed E-state index contributed by atoms with van der Waals surface area (Å²) in [6.07, 6.45) is 1.98. The second-order valence-electron chi connectivity index (χ2n) is 12.0. The van der Waals surface area contributed by atoms with Gasteiger partial charge in [-0.1, -0.05) is 158 Å². The highest BCUT2D eigenvalue weighted by Gasteiger charge is 2.16. The zero-order valence-corrected chi connectivity index (χ0v) is 26.5. The van der Waals surface area contributed by atoms with E-state index in [2.05, 4.69) is 102 Å². The first-order chi connectivity index (χ1) is 24.3. The lowest BCUT2D eigenvalue weighted by molar-refractivity contribution is 0.975. The van der Waals surface area contributed by atoms with Crippen LogP contribution in [0, 0.1) is 0 Å². The van der Waals surface area contributed by atoms with E-state index >= 15 is 0 Å². The predicted octanol–water partition coefficient (Wildman–Crippen LogP) is 10.7. The maximum Gasteiger partial charge on any atom is 0.164 e. The topological polar surface area (TPSA) is 56.0 Å². The third-order valence-electron chi connectivity index (χ3n) is 8.93. The van der Waals surface area contributed by atoms with Gasteiger partial charge in [0.25, 0.3) is 0 Å². The lowest BCUT2D eigenvalue weighted by Crippen LogP contribution is -2.00. The van der Waals surface area contributed by atoms with Crippen molar-refractivity contribution in [2.24, 2.45) is 0 Å². The summed E-state index contributed by atoms with van der Waals surface area (Å²) < 4.78 is 2.08. The van der Waals surface area contributed by atoms with Gasteiger partial charge in [-0.05, 0) is 34.2 Å². The molecule has 0 aliphatic carbocycles. The number of pyridine rings is 1. The average molecular weight is 628 g/mol. The van der Waals surface area contributed by atoms with Crippen LogP contribution in [0.1, 0.15) is 0 Å². The Morgan fingerprint density at radius 1 is 0.367 bits per heavy atom. The van der Waals surface area contributed by atoms with Gasteiger partial charge in [-0.2, -0.15) is 5.10 Å². The summed E-state index contributed by atoms with van der Waals surface area (Å²) in [5.41, 5.74) is 10.6. The Morgan fingerprint density at radius 2 is 0.816 bits per heavy atom. The van der Waals surface area contributed by atoms with E-state index in [-0.39, 0.29) is 0 Å². The van der Waals surface area contributed by atoms with Crippen LogP contribution in [-0.4, -0.2) is 24.6 Å². The minimum atomic E-state index is 0.641. The maximum absolute atomic E-state index is 4.91. The molecule has 0 radical (unpaired) electrons. The highest BCUT2D eigenvalue weighted by molar-refractivity contribution is 6.06. The van der Waals surface area contributed by atoms with Crippen LogP contribution in [0.15, 0.2) is 176 Å². The quantitative estimate of drug-likeness (QED) is 0.184. The smallest absolute Gasteiger partial charge is 0.164 e. The van der Waals surface area contributed by atoms with Crippen LogP contribution in [-0.2, 0) is 0 Å². The summed E-state index contributed by atoms with van der Waals surface area (Å²) in [7, 11) is 0. The molecule has 0 atom stereocenters. The molecule has 3 heterocycles. The van der Waals surface area contributed by atoms with E-state index < -0.39 is 0 Å². The lowest BCUT2D eigenvalue weighted by Gasteiger charge is -2.12. The van der Waals surface area contributed by atoms with Gasteiger partial charge in [-0.15, -0.1) is 0 Å². The molecule has 0 N–H and O–H groups in total. The first kappa shape index (κ1) is 28.5. The molecule has 0 saturated carbocycles. The fourth-order valence-electron chi connectivity index (χ4n) is 6.47. The molecule has 0 fully saturated rings. The number of aromatic nitrogens is 5. The second-order valence-corrected chi connectivity index (χ2v) is 12.0. The summed E-state index contributed by atoms with van der Waals surface area (Å²) in [5.74, 6) is 1.94. The van der Waals surface area contributed by atoms with Gasteiger partial charge in [0, 0.05) is 33.2 Å². The summed E-state index contributed by atoms with van der Waals surface area (Å²) in [5, 5.41) is 7.20. The van der Waals surface area contributed by atoms with Gasteiger partial charge >= 0.3 is 0 Å². The molecule has 3 aromatic heterocycles. The lowest BCUT2D eigenvalue weighted by atomic mass is 9.97. The van der Waals surface area contributed by atoms with Crippen molar-refractivity contribution in [3.05, 3.63) is 176 Å². The molecule has 0 aliphatic rings. The second kappa shape index (κ2) is 12.1. The third kappa shape index (κ3) is 5.33. The molecule has 9 aromatic rings. The fourth-order valence-corrected chi connectivity index (χ4v) is 6.47. The van der Waals surface area contributed by atoms with Crippen LogP contribution < -0.4 is 0 Å². The molecule has 0 amide bonds. The van der Waals surface area contributed by atoms with Gasteiger partial charge in [-0.3, -0.25) is 0 Å². The van der Waals surface area contributed by atoms with E-state index in [1.54, 1.807) is 0 Å². The third-order valence-corrected chi connectivity index (χ3v) is 8.93. The van der Waals surface area contributed by atoms with Crippen molar-refractivity contribution in [2.45, 2.75) is 0 Å². The molecule has 0 bridgehead atoms. The minimum absolute atomic E-state index is 0.641. The molecule has 0 unspecified atom stereocenters. The Labute approximate surface area is 283 Å². The Balaban J connectivity index is 1.15. The van der Waals surface area contributed by atoms with Crippen LogP contribution in [0.5, 0.6) is 0 Å². The van der Waals surface area contributed by atoms with Gasteiger partial charge in [0.1, 0.15) is 0 Å². The number of nitrogens with zero attached hydrogens (tertiary/aromatic N) is 5. The molecule has 0 aliphatic heterocycles. The molecule has 6 aromatic carbocycles. The number of benzene rings is 6. The zero-order chi connectivity index (χ0) is 32.6. The van der Waals surface area contributed by atoms with E-state index in [0.29, 0.717) is 17.5 Å². The van der Waals surface area contributed by atoms with Crippen molar-refractivity contribution in [1.29, 1.82) is 0 Å². The molecule has 5 nitrogen and oxygen atoms in total. The number of fused-ring (bicyclic) bond motifs is 3. The SMILES string of the molecule is c1ccc(-c2nc(-c3ccccc3)nc(-c3ccc(-c4ccc5c(c4)cc(-c4ccccc4)n4ncc(-c6ccccc6)c54)cc3)n2)cc1. The van der Waals surface area contributed by atoms with Gasteiger partial charge in [-0.25, -0.2) is 19.5 Å². The molecule has 0 spiro atoms. The molecule has 230 valence electrons. The molecular weight excluding hydrogens is 599 g/mol. The summed E-state index contributed by atoms with van der Waals surface area (Å²) in [6.45, 7) is 0. The Morgan fingerprint density at radius 3 is 1.37 bits per heavy atom. The van der Waals surface area contributed by atoms with E-state index in [4.69, 9.17) is 20.1 Å². The minimum Gasteiger partial charge on any atom is -0.232 e. The van der Waals surface area contributed by atoms with Crippen molar-refractivity contribution in [3.8, 4) is 67.7 Å². The van der Waals surface area contributed by atoms with Crippen molar-refractivity contribution < 1.29 is 0 Å².